The molecule has 4 nitrogen and oxygen atoms in total. The van der Waals surface area contributed by atoms with Gasteiger partial charge >= 0.3 is 0 Å². The van der Waals surface area contributed by atoms with Crippen molar-refractivity contribution in [1.29, 1.82) is 0 Å². The Labute approximate surface area is 114 Å². The molecule has 0 bridgehead atoms. The molecule has 0 aromatic heterocycles. The van der Waals surface area contributed by atoms with Crippen LogP contribution in [-0.4, -0.2) is 26.1 Å². The summed E-state index contributed by atoms with van der Waals surface area (Å²) < 4.78 is 5.34. The zero-order valence-corrected chi connectivity index (χ0v) is 11.9. The Hall–Kier alpha value is -1.55. The maximum atomic E-state index is 12.2. The molecule has 0 saturated carbocycles. The van der Waals surface area contributed by atoms with Crippen molar-refractivity contribution in [1.82, 2.24) is 5.32 Å². The van der Waals surface area contributed by atoms with Crippen molar-refractivity contribution in [3.8, 4) is 5.75 Å². The summed E-state index contributed by atoms with van der Waals surface area (Å²) in [6.45, 7) is 5.84. The fourth-order valence-corrected chi connectivity index (χ4v) is 2.37. The van der Waals surface area contributed by atoms with Crippen LogP contribution in [0.4, 0.5) is 5.69 Å². The Morgan fingerprint density at radius 2 is 2.11 bits per heavy atom. The van der Waals surface area contributed by atoms with Crippen LogP contribution in [0.5, 0.6) is 5.75 Å². The Kier molecular flexibility index (Phi) is 4.43. The number of carbonyl (C=O) groups excluding carboxylic acids is 1. The number of carbonyl (C=O) groups is 1. The molecule has 1 aromatic rings. The van der Waals surface area contributed by atoms with Crippen LogP contribution in [0.2, 0.25) is 0 Å². The first-order valence-electron chi connectivity index (χ1n) is 6.78. The van der Waals surface area contributed by atoms with Gasteiger partial charge in [0.1, 0.15) is 5.75 Å². The first-order valence-corrected chi connectivity index (χ1v) is 6.78. The molecule has 1 amide bonds. The van der Waals surface area contributed by atoms with Gasteiger partial charge < -0.3 is 15.4 Å². The molecule has 0 radical (unpaired) electrons. The van der Waals surface area contributed by atoms with E-state index in [9.17, 15) is 4.79 Å². The van der Waals surface area contributed by atoms with Gasteiger partial charge in [0.2, 0.25) is 5.91 Å². The van der Waals surface area contributed by atoms with Gasteiger partial charge in [-0.25, -0.2) is 0 Å². The predicted octanol–water partition coefficient (Wildman–Crippen LogP) is 2.25. The van der Waals surface area contributed by atoms with Crippen molar-refractivity contribution in [2.75, 3.05) is 25.5 Å². The first-order chi connectivity index (χ1) is 9.11. The van der Waals surface area contributed by atoms with Crippen LogP contribution in [0.3, 0.4) is 0 Å². The van der Waals surface area contributed by atoms with Gasteiger partial charge in [-0.05, 0) is 56.5 Å². The molecule has 0 aliphatic carbocycles. The second-order valence-corrected chi connectivity index (χ2v) is 5.17. The van der Waals surface area contributed by atoms with Crippen LogP contribution in [0.1, 0.15) is 24.0 Å². The van der Waals surface area contributed by atoms with E-state index in [4.69, 9.17) is 4.74 Å². The number of methoxy groups -OCH3 is 1. The van der Waals surface area contributed by atoms with Gasteiger partial charge in [-0.1, -0.05) is 0 Å². The number of hydrogen-bond donors (Lipinski definition) is 2. The molecule has 1 saturated heterocycles. The van der Waals surface area contributed by atoms with Crippen molar-refractivity contribution >= 4 is 11.6 Å². The average Bonchev–Trinajstić information content (AvgIpc) is 2.43. The predicted molar refractivity (Wildman–Crippen MR) is 76.7 cm³/mol. The molecule has 4 heteroatoms. The second-order valence-electron chi connectivity index (χ2n) is 5.17. The molecule has 0 spiro atoms. The van der Waals surface area contributed by atoms with E-state index in [1.54, 1.807) is 7.11 Å². The summed E-state index contributed by atoms with van der Waals surface area (Å²) in [6, 6.07) is 3.94. The second kappa shape index (κ2) is 6.06. The van der Waals surface area contributed by atoms with Crippen molar-refractivity contribution in [2.24, 2.45) is 5.92 Å². The molecule has 2 N–H and O–H groups in total. The minimum atomic E-state index is 0.0556. The van der Waals surface area contributed by atoms with Crippen molar-refractivity contribution in [3.63, 3.8) is 0 Å². The molecule has 1 aromatic carbocycles. The van der Waals surface area contributed by atoms with Gasteiger partial charge in [-0.15, -0.1) is 0 Å². The van der Waals surface area contributed by atoms with Gasteiger partial charge in [-0.3, -0.25) is 4.79 Å². The van der Waals surface area contributed by atoms with Crippen molar-refractivity contribution in [3.05, 3.63) is 23.3 Å². The van der Waals surface area contributed by atoms with E-state index in [-0.39, 0.29) is 11.8 Å². The number of anilines is 1. The summed E-state index contributed by atoms with van der Waals surface area (Å²) in [5.41, 5.74) is 3.08. The highest BCUT2D eigenvalue weighted by Gasteiger charge is 2.21. The summed E-state index contributed by atoms with van der Waals surface area (Å²) in [5, 5.41) is 6.25. The monoisotopic (exact) mass is 262 g/mol. The number of benzene rings is 1. The number of rotatable bonds is 3. The minimum absolute atomic E-state index is 0.0556. The molecule has 1 aliphatic heterocycles. The van der Waals surface area contributed by atoms with E-state index < -0.39 is 0 Å². The molecular formula is C15H22N2O2. The quantitative estimate of drug-likeness (QED) is 0.878. The van der Waals surface area contributed by atoms with Crippen molar-refractivity contribution < 1.29 is 9.53 Å². The molecule has 1 heterocycles. The van der Waals surface area contributed by atoms with Crippen LogP contribution >= 0.6 is 0 Å². The summed E-state index contributed by atoms with van der Waals surface area (Å²) >= 11 is 0. The standard InChI is InChI=1S/C15H22N2O2/c1-10-7-13(14(19-3)8-11(10)2)17-15(18)12-5-4-6-16-9-12/h7-8,12,16H,4-6,9H2,1-3H3,(H,17,18). The highest BCUT2D eigenvalue weighted by Crippen LogP contribution is 2.28. The summed E-state index contributed by atoms with van der Waals surface area (Å²) in [7, 11) is 1.63. The lowest BCUT2D eigenvalue weighted by Gasteiger charge is -2.22. The molecule has 1 atom stereocenters. The Morgan fingerprint density at radius 1 is 1.37 bits per heavy atom. The number of nitrogens with one attached hydrogen (secondary N) is 2. The zero-order chi connectivity index (χ0) is 13.8. The zero-order valence-electron chi connectivity index (χ0n) is 11.9. The summed E-state index contributed by atoms with van der Waals surface area (Å²) in [4.78, 5) is 12.2. The van der Waals surface area contributed by atoms with E-state index in [2.05, 4.69) is 10.6 Å². The number of ether oxygens (including phenoxy) is 1. The van der Waals surface area contributed by atoms with Gasteiger partial charge in [0, 0.05) is 6.54 Å². The van der Waals surface area contributed by atoms with E-state index in [0.29, 0.717) is 0 Å². The normalized spacial score (nSPS) is 19.0. The highest BCUT2D eigenvalue weighted by atomic mass is 16.5. The Balaban J connectivity index is 2.13. The third kappa shape index (κ3) is 3.26. The van der Waals surface area contributed by atoms with Gasteiger partial charge in [0.15, 0.2) is 0 Å². The van der Waals surface area contributed by atoms with Crippen molar-refractivity contribution in [2.45, 2.75) is 26.7 Å². The van der Waals surface area contributed by atoms with Gasteiger partial charge in [0.25, 0.3) is 0 Å². The number of amides is 1. The van der Waals surface area contributed by atoms with Crippen LogP contribution < -0.4 is 15.4 Å². The number of aryl methyl sites for hydroxylation is 2. The fourth-order valence-electron chi connectivity index (χ4n) is 2.37. The lowest BCUT2D eigenvalue weighted by Crippen LogP contribution is -2.37. The molecule has 19 heavy (non-hydrogen) atoms. The van der Waals surface area contributed by atoms with Gasteiger partial charge in [0.05, 0.1) is 18.7 Å². The Morgan fingerprint density at radius 3 is 2.74 bits per heavy atom. The van der Waals surface area contributed by atoms with Crippen LogP contribution in [-0.2, 0) is 4.79 Å². The van der Waals surface area contributed by atoms with E-state index in [0.717, 1.165) is 48.5 Å². The fraction of sp³-hybridized carbons (Fsp3) is 0.533. The molecule has 104 valence electrons. The lowest BCUT2D eigenvalue weighted by atomic mass is 9.98. The average molecular weight is 262 g/mol. The number of piperidine rings is 1. The van der Waals surface area contributed by atoms with E-state index in [1.807, 2.05) is 26.0 Å². The smallest absolute Gasteiger partial charge is 0.228 e. The summed E-state index contributed by atoms with van der Waals surface area (Å²) in [6.07, 6.45) is 2.01. The van der Waals surface area contributed by atoms with Crippen LogP contribution in [0.25, 0.3) is 0 Å². The lowest BCUT2D eigenvalue weighted by molar-refractivity contribution is -0.120. The SMILES string of the molecule is COc1cc(C)c(C)cc1NC(=O)C1CCCNC1. The molecular weight excluding hydrogens is 240 g/mol. The summed E-state index contributed by atoms with van der Waals surface area (Å²) in [5.74, 6) is 0.856. The first kappa shape index (κ1) is 13.9. The number of hydrogen-bond acceptors (Lipinski definition) is 3. The largest absolute Gasteiger partial charge is 0.495 e. The minimum Gasteiger partial charge on any atom is -0.495 e. The van der Waals surface area contributed by atoms with E-state index in [1.165, 1.54) is 0 Å². The topological polar surface area (TPSA) is 50.4 Å². The third-order valence-electron chi connectivity index (χ3n) is 3.74. The van der Waals surface area contributed by atoms with Gasteiger partial charge in [-0.2, -0.15) is 0 Å². The highest BCUT2D eigenvalue weighted by molar-refractivity contribution is 5.94. The maximum absolute atomic E-state index is 12.2. The molecule has 1 fully saturated rings. The molecule has 2 rings (SSSR count). The molecule has 1 unspecified atom stereocenters. The molecule has 1 aliphatic rings. The van der Waals surface area contributed by atoms with Crippen LogP contribution in [0.15, 0.2) is 12.1 Å². The maximum Gasteiger partial charge on any atom is 0.228 e. The van der Waals surface area contributed by atoms with Crippen LogP contribution in [0, 0.1) is 19.8 Å². The van der Waals surface area contributed by atoms with E-state index >= 15 is 0 Å². The third-order valence-corrected chi connectivity index (χ3v) is 3.74. The Bertz CT molecular complexity index is 465.